The quantitative estimate of drug-likeness (QED) is 0.794. The van der Waals surface area contributed by atoms with E-state index >= 15 is 0 Å². The number of likely N-dealkylation sites (tertiary alicyclic amines) is 1. The van der Waals surface area contributed by atoms with Crippen LogP contribution in [0, 0.1) is 11.8 Å². The molecule has 0 radical (unpaired) electrons. The van der Waals surface area contributed by atoms with E-state index in [2.05, 4.69) is 23.4 Å². The van der Waals surface area contributed by atoms with Crippen LogP contribution in [-0.4, -0.2) is 45.9 Å². The van der Waals surface area contributed by atoms with Crippen LogP contribution >= 0.6 is 0 Å². The Morgan fingerprint density at radius 3 is 2.62 bits per heavy atom. The van der Waals surface area contributed by atoms with Crippen LogP contribution in [0.15, 0.2) is 6.33 Å². The summed E-state index contributed by atoms with van der Waals surface area (Å²) in [5.74, 6) is 0.766. The molecule has 3 aliphatic rings. The van der Waals surface area contributed by atoms with Gasteiger partial charge in [0, 0.05) is 32.1 Å². The number of amides is 2. The van der Waals surface area contributed by atoms with Gasteiger partial charge in [-0.05, 0) is 45.4 Å². The van der Waals surface area contributed by atoms with Crippen LogP contribution in [0.3, 0.4) is 0 Å². The number of carbonyl (C=O) groups is 2. The van der Waals surface area contributed by atoms with Crippen LogP contribution < -0.4 is 4.90 Å². The van der Waals surface area contributed by atoms with Gasteiger partial charge in [-0.25, -0.2) is 4.98 Å². The number of fused-ring (bicyclic) bond motifs is 1. The van der Waals surface area contributed by atoms with Crippen molar-refractivity contribution in [2.45, 2.75) is 52.0 Å². The SMILES string of the molecule is CC(C)n1cnc2c1C[C@H](C(=O)N1CCCC1)C(=O)N2CC1CC1. The second kappa shape index (κ2) is 5.90. The van der Waals surface area contributed by atoms with Crippen LogP contribution in [-0.2, 0) is 16.0 Å². The molecule has 0 spiro atoms. The number of rotatable bonds is 4. The largest absolute Gasteiger partial charge is 0.342 e. The lowest BCUT2D eigenvalue weighted by molar-refractivity contribution is -0.140. The van der Waals surface area contributed by atoms with Crippen LogP contribution in [0.1, 0.15) is 51.3 Å². The van der Waals surface area contributed by atoms with E-state index in [0.717, 1.165) is 37.4 Å². The highest BCUT2D eigenvalue weighted by molar-refractivity contribution is 6.09. The number of hydrogen-bond acceptors (Lipinski definition) is 3. The van der Waals surface area contributed by atoms with Crippen molar-refractivity contribution in [1.29, 1.82) is 0 Å². The lowest BCUT2D eigenvalue weighted by Crippen LogP contribution is -2.49. The van der Waals surface area contributed by atoms with Crippen LogP contribution in [0.2, 0.25) is 0 Å². The van der Waals surface area contributed by atoms with E-state index < -0.39 is 5.92 Å². The molecular formula is C18H26N4O2. The average molecular weight is 330 g/mol. The minimum Gasteiger partial charge on any atom is -0.342 e. The maximum Gasteiger partial charge on any atom is 0.241 e. The summed E-state index contributed by atoms with van der Waals surface area (Å²) in [6.45, 7) is 6.52. The molecule has 1 aliphatic carbocycles. The van der Waals surface area contributed by atoms with Crippen molar-refractivity contribution in [3.8, 4) is 0 Å². The zero-order valence-electron chi connectivity index (χ0n) is 14.6. The molecule has 1 saturated carbocycles. The third-order valence-corrected chi connectivity index (χ3v) is 5.50. The molecule has 0 bridgehead atoms. The molecule has 0 unspecified atom stereocenters. The van der Waals surface area contributed by atoms with Crippen molar-refractivity contribution < 1.29 is 9.59 Å². The second-order valence-corrected chi connectivity index (χ2v) is 7.70. The molecule has 3 heterocycles. The van der Waals surface area contributed by atoms with Gasteiger partial charge in [-0.1, -0.05) is 0 Å². The van der Waals surface area contributed by atoms with Gasteiger partial charge in [0.2, 0.25) is 11.8 Å². The van der Waals surface area contributed by atoms with Gasteiger partial charge in [-0.3, -0.25) is 14.5 Å². The van der Waals surface area contributed by atoms with Gasteiger partial charge < -0.3 is 9.47 Å². The van der Waals surface area contributed by atoms with Crippen molar-refractivity contribution in [1.82, 2.24) is 14.5 Å². The summed E-state index contributed by atoms with van der Waals surface area (Å²) >= 11 is 0. The summed E-state index contributed by atoms with van der Waals surface area (Å²) in [7, 11) is 0. The van der Waals surface area contributed by atoms with Gasteiger partial charge >= 0.3 is 0 Å². The molecule has 0 N–H and O–H groups in total. The van der Waals surface area contributed by atoms with Gasteiger partial charge in [0.05, 0.1) is 12.0 Å². The van der Waals surface area contributed by atoms with E-state index in [-0.39, 0.29) is 17.9 Å². The topological polar surface area (TPSA) is 58.4 Å². The number of imidazole rings is 1. The van der Waals surface area contributed by atoms with Crippen molar-refractivity contribution >= 4 is 17.6 Å². The van der Waals surface area contributed by atoms with Crippen LogP contribution in [0.4, 0.5) is 5.82 Å². The minimum absolute atomic E-state index is 0.0143. The van der Waals surface area contributed by atoms with E-state index in [1.165, 1.54) is 12.8 Å². The second-order valence-electron chi connectivity index (χ2n) is 7.70. The lowest BCUT2D eigenvalue weighted by atomic mass is 9.95. The Kier molecular flexibility index (Phi) is 3.85. The molecule has 1 aromatic heterocycles. The highest BCUT2D eigenvalue weighted by Gasteiger charge is 2.43. The first kappa shape index (κ1) is 15.7. The van der Waals surface area contributed by atoms with Crippen LogP contribution in [0.25, 0.3) is 0 Å². The third kappa shape index (κ3) is 2.62. The molecule has 2 fully saturated rings. The van der Waals surface area contributed by atoms with Crippen molar-refractivity contribution in [3.63, 3.8) is 0 Å². The third-order valence-electron chi connectivity index (χ3n) is 5.50. The Balaban J connectivity index is 1.67. The number of carbonyl (C=O) groups excluding carboxylic acids is 2. The molecule has 4 rings (SSSR count). The number of hydrogen-bond donors (Lipinski definition) is 0. The normalized spacial score (nSPS) is 24.0. The standard InChI is InChI=1S/C18H26N4O2/c1-12(2)22-11-19-16-15(22)9-14(17(23)20-7-3-4-8-20)18(24)21(16)10-13-5-6-13/h11-14H,3-10H2,1-2H3/t14-/m1/s1. The summed E-state index contributed by atoms with van der Waals surface area (Å²) in [5.41, 5.74) is 1.04. The van der Waals surface area contributed by atoms with Gasteiger partial charge in [0.1, 0.15) is 5.92 Å². The predicted molar refractivity (Wildman–Crippen MR) is 90.7 cm³/mol. The predicted octanol–water partition coefficient (Wildman–Crippen LogP) is 2.00. The van der Waals surface area contributed by atoms with Gasteiger partial charge in [0.25, 0.3) is 0 Å². The Bertz CT molecular complexity index is 656. The highest BCUT2D eigenvalue weighted by atomic mass is 16.2. The van der Waals surface area contributed by atoms with Crippen LogP contribution in [0.5, 0.6) is 0 Å². The Hall–Kier alpha value is -1.85. The van der Waals surface area contributed by atoms with Crippen molar-refractivity contribution in [3.05, 3.63) is 12.0 Å². The molecule has 2 amide bonds. The Morgan fingerprint density at radius 2 is 2.00 bits per heavy atom. The molecule has 1 atom stereocenters. The Morgan fingerprint density at radius 1 is 1.29 bits per heavy atom. The fourth-order valence-electron chi connectivity index (χ4n) is 3.90. The van der Waals surface area contributed by atoms with E-state index in [1.54, 1.807) is 4.90 Å². The van der Waals surface area contributed by atoms with Crippen molar-refractivity contribution in [2.75, 3.05) is 24.5 Å². The number of aromatic nitrogens is 2. The maximum atomic E-state index is 13.1. The fourth-order valence-corrected chi connectivity index (χ4v) is 3.90. The smallest absolute Gasteiger partial charge is 0.241 e. The fraction of sp³-hybridized carbons (Fsp3) is 0.722. The van der Waals surface area contributed by atoms with Gasteiger partial charge in [-0.15, -0.1) is 0 Å². The maximum absolute atomic E-state index is 13.1. The molecule has 6 nitrogen and oxygen atoms in total. The molecule has 130 valence electrons. The molecule has 6 heteroatoms. The Labute approximate surface area is 142 Å². The molecular weight excluding hydrogens is 304 g/mol. The lowest BCUT2D eigenvalue weighted by Gasteiger charge is -2.33. The zero-order chi connectivity index (χ0) is 16.8. The average Bonchev–Trinajstić information content (AvgIpc) is 3.04. The first-order valence-corrected chi connectivity index (χ1v) is 9.22. The first-order chi connectivity index (χ1) is 11.6. The summed E-state index contributed by atoms with van der Waals surface area (Å²) < 4.78 is 2.12. The van der Waals surface area contributed by atoms with Gasteiger partial charge in [0.15, 0.2) is 5.82 Å². The number of anilines is 1. The van der Waals surface area contributed by atoms with E-state index in [1.807, 2.05) is 11.2 Å². The first-order valence-electron chi connectivity index (χ1n) is 9.22. The molecule has 1 saturated heterocycles. The monoisotopic (exact) mass is 330 g/mol. The van der Waals surface area contributed by atoms with Crippen molar-refractivity contribution in [2.24, 2.45) is 11.8 Å². The summed E-state index contributed by atoms with van der Waals surface area (Å²) in [6, 6.07) is 0.278. The zero-order valence-corrected chi connectivity index (χ0v) is 14.6. The molecule has 2 aliphatic heterocycles. The summed E-state index contributed by atoms with van der Waals surface area (Å²) in [5, 5.41) is 0. The van der Waals surface area contributed by atoms with E-state index in [4.69, 9.17) is 0 Å². The molecule has 0 aromatic carbocycles. The number of nitrogens with zero attached hydrogens (tertiary/aromatic N) is 4. The molecule has 24 heavy (non-hydrogen) atoms. The van der Waals surface area contributed by atoms with Gasteiger partial charge in [-0.2, -0.15) is 0 Å². The van der Waals surface area contributed by atoms with E-state index in [9.17, 15) is 9.59 Å². The molecule has 1 aromatic rings. The minimum atomic E-state index is -0.566. The summed E-state index contributed by atoms with van der Waals surface area (Å²) in [6.07, 6.45) is 6.76. The highest BCUT2D eigenvalue weighted by Crippen LogP contribution is 2.37. The van der Waals surface area contributed by atoms with E-state index in [0.29, 0.717) is 18.9 Å². The summed E-state index contributed by atoms with van der Waals surface area (Å²) in [4.78, 5) is 34.2.